The van der Waals surface area contributed by atoms with E-state index >= 15 is 0 Å². The van der Waals surface area contributed by atoms with Gasteiger partial charge in [0.25, 0.3) is 0 Å². The van der Waals surface area contributed by atoms with Gasteiger partial charge in [0.05, 0.1) is 12.6 Å². The molecule has 2 unspecified atom stereocenters. The normalized spacial score (nSPS) is 21.6. The van der Waals surface area contributed by atoms with Crippen LogP contribution in [0.4, 0.5) is 0 Å². The van der Waals surface area contributed by atoms with E-state index in [1.54, 1.807) is 7.11 Å². The predicted molar refractivity (Wildman–Crippen MR) is 77.1 cm³/mol. The largest absolute Gasteiger partial charge is 0.383 e. The van der Waals surface area contributed by atoms with Gasteiger partial charge < -0.3 is 15.4 Å². The fourth-order valence-electron chi connectivity index (χ4n) is 2.11. The summed E-state index contributed by atoms with van der Waals surface area (Å²) >= 11 is 1.92. The molecule has 0 radical (unpaired) electrons. The van der Waals surface area contributed by atoms with Crippen molar-refractivity contribution in [1.29, 1.82) is 0 Å². The molecule has 1 saturated heterocycles. The third-order valence-electron chi connectivity index (χ3n) is 3.07. The molecule has 2 N–H and O–H groups in total. The fraction of sp³-hybridized carbons (Fsp3) is 0.923. The Morgan fingerprint density at radius 1 is 1.61 bits per heavy atom. The van der Waals surface area contributed by atoms with Gasteiger partial charge in [-0.2, -0.15) is 11.8 Å². The number of methoxy groups -OCH3 is 1. The van der Waals surface area contributed by atoms with Gasteiger partial charge in [-0.05, 0) is 6.42 Å². The highest BCUT2D eigenvalue weighted by molar-refractivity contribution is 7.99. The SMILES string of the molecule is CCCCC(COC)NC(=O)CC1CSCCN1. The summed E-state index contributed by atoms with van der Waals surface area (Å²) in [6.07, 6.45) is 3.87. The number of hydrogen-bond acceptors (Lipinski definition) is 4. The van der Waals surface area contributed by atoms with Gasteiger partial charge in [-0.15, -0.1) is 0 Å². The van der Waals surface area contributed by atoms with Gasteiger partial charge in [-0.1, -0.05) is 19.8 Å². The first-order chi connectivity index (χ1) is 8.76. The molecule has 0 saturated carbocycles. The van der Waals surface area contributed by atoms with Crippen molar-refractivity contribution in [2.45, 2.75) is 44.7 Å². The number of carbonyl (C=O) groups is 1. The summed E-state index contributed by atoms with van der Waals surface area (Å²) in [6, 6.07) is 0.497. The summed E-state index contributed by atoms with van der Waals surface area (Å²) in [6.45, 7) is 3.79. The lowest BCUT2D eigenvalue weighted by Crippen LogP contribution is -2.44. The van der Waals surface area contributed by atoms with E-state index in [-0.39, 0.29) is 11.9 Å². The van der Waals surface area contributed by atoms with Crippen molar-refractivity contribution in [2.75, 3.05) is 31.8 Å². The number of rotatable bonds is 8. The van der Waals surface area contributed by atoms with E-state index in [9.17, 15) is 4.79 Å². The summed E-state index contributed by atoms with van der Waals surface area (Å²) < 4.78 is 5.16. The van der Waals surface area contributed by atoms with Crippen LogP contribution >= 0.6 is 11.8 Å². The highest BCUT2D eigenvalue weighted by Crippen LogP contribution is 2.10. The number of nitrogens with one attached hydrogen (secondary N) is 2. The van der Waals surface area contributed by atoms with Gasteiger partial charge in [0.15, 0.2) is 0 Å². The number of amides is 1. The Labute approximate surface area is 115 Å². The van der Waals surface area contributed by atoms with Crippen LogP contribution < -0.4 is 10.6 Å². The van der Waals surface area contributed by atoms with Crippen molar-refractivity contribution < 1.29 is 9.53 Å². The van der Waals surface area contributed by atoms with E-state index in [0.717, 1.165) is 37.3 Å². The topological polar surface area (TPSA) is 50.4 Å². The lowest BCUT2D eigenvalue weighted by atomic mass is 10.1. The molecule has 1 amide bonds. The molecule has 1 heterocycles. The Kier molecular flexibility index (Phi) is 8.46. The summed E-state index contributed by atoms with van der Waals surface area (Å²) in [5.74, 6) is 2.34. The molecule has 1 rings (SSSR count). The number of thioether (sulfide) groups is 1. The highest BCUT2D eigenvalue weighted by Gasteiger charge is 2.18. The van der Waals surface area contributed by atoms with Crippen LogP contribution in [0.15, 0.2) is 0 Å². The van der Waals surface area contributed by atoms with Crippen LogP contribution in [0.5, 0.6) is 0 Å². The maximum atomic E-state index is 11.9. The molecule has 5 heteroatoms. The molecule has 1 fully saturated rings. The van der Waals surface area contributed by atoms with Crippen molar-refractivity contribution in [2.24, 2.45) is 0 Å². The smallest absolute Gasteiger partial charge is 0.221 e. The van der Waals surface area contributed by atoms with Crippen LogP contribution in [0.2, 0.25) is 0 Å². The van der Waals surface area contributed by atoms with Crippen molar-refractivity contribution >= 4 is 17.7 Å². The zero-order chi connectivity index (χ0) is 13.2. The van der Waals surface area contributed by atoms with Crippen molar-refractivity contribution in [3.05, 3.63) is 0 Å². The van der Waals surface area contributed by atoms with Gasteiger partial charge in [-0.3, -0.25) is 4.79 Å². The molecule has 1 aliphatic heterocycles. The van der Waals surface area contributed by atoms with Crippen molar-refractivity contribution in [1.82, 2.24) is 10.6 Å². The molecule has 0 bridgehead atoms. The van der Waals surface area contributed by atoms with E-state index in [1.165, 1.54) is 0 Å². The molecule has 106 valence electrons. The zero-order valence-corrected chi connectivity index (χ0v) is 12.4. The van der Waals surface area contributed by atoms with Crippen LogP contribution in [0.25, 0.3) is 0 Å². The number of unbranched alkanes of at least 4 members (excludes halogenated alkanes) is 1. The van der Waals surface area contributed by atoms with Crippen LogP contribution in [-0.2, 0) is 9.53 Å². The maximum Gasteiger partial charge on any atom is 0.221 e. The van der Waals surface area contributed by atoms with Crippen molar-refractivity contribution in [3.8, 4) is 0 Å². The average molecular weight is 274 g/mol. The van der Waals surface area contributed by atoms with E-state index in [0.29, 0.717) is 19.1 Å². The van der Waals surface area contributed by atoms with Gasteiger partial charge >= 0.3 is 0 Å². The Bertz CT molecular complexity index is 233. The second kappa shape index (κ2) is 9.64. The molecule has 4 nitrogen and oxygen atoms in total. The monoisotopic (exact) mass is 274 g/mol. The molecule has 2 atom stereocenters. The Morgan fingerprint density at radius 3 is 3.06 bits per heavy atom. The first-order valence-corrected chi connectivity index (χ1v) is 8.01. The molecular formula is C13H26N2O2S. The molecule has 0 aromatic carbocycles. The minimum absolute atomic E-state index is 0.146. The van der Waals surface area contributed by atoms with Crippen LogP contribution in [0, 0.1) is 0 Å². The van der Waals surface area contributed by atoms with E-state index < -0.39 is 0 Å². The minimum Gasteiger partial charge on any atom is -0.383 e. The zero-order valence-electron chi connectivity index (χ0n) is 11.5. The van der Waals surface area contributed by atoms with Crippen LogP contribution in [0.1, 0.15) is 32.6 Å². The Hall–Kier alpha value is -0.260. The van der Waals surface area contributed by atoms with Gasteiger partial charge in [0.2, 0.25) is 5.91 Å². The second-order valence-electron chi connectivity index (χ2n) is 4.79. The Morgan fingerprint density at radius 2 is 2.44 bits per heavy atom. The quantitative estimate of drug-likeness (QED) is 0.702. The fourth-order valence-corrected chi connectivity index (χ4v) is 3.06. The van der Waals surface area contributed by atoms with Gasteiger partial charge in [0.1, 0.15) is 0 Å². The molecule has 0 aliphatic carbocycles. The summed E-state index contributed by atoms with van der Waals surface area (Å²) in [5, 5.41) is 6.47. The lowest BCUT2D eigenvalue weighted by Gasteiger charge is -2.24. The molecule has 0 aromatic heterocycles. The standard InChI is InChI=1S/C13H26N2O2S/c1-3-4-5-11(9-17-2)15-13(16)8-12-10-18-7-6-14-12/h11-12,14H,3-10H2,1-2H3,(H,15,16). The van der Waals surface area contributed by atoms with E-state index in [4.69, 9.17) is 4.74 Å². The average Bonchev–Trinajstić information content (AvgIpc) is 2.37. The predicted octanol–water partition coefficient (Wildman–Crippen LogP) is 1.40. The second-order valence-corrected chi connectivity index (χ2v) is 5.94. The third-order valence-corrected chi connectivity index (χ3v) is 4.20. The van der Waals surface area contributed by atoms with Crippen LogP contribution in [0.3, 0.4) is 0 Å². The lowest BCUT2D eigenvalue weighted by molar-refractivity contribution is -0.122. The molecule has 0 aromatic rings. The highest BCUT2D eigenvalue weighted by atomic mass is 32.2. The summed E-state index contributed by atoms with van der Waals surface area (Å²) in [4.78, 5) is 11.9. The molecule has 1 aliphatic rings. The number of hydrogen-bond donors (Lipinski definition) is 2. The van der Waals surface area contributed by atoms with Crippen LogP contribution in [-0.4, -0.2) is 49.8 Å². The van der Waals surface area contributed by atoms with Gasteiger partial charge in [0, 0.05) is 37.6 Å². The van der Waals surface area contributed by atoms with Gasteiger partial charge in [-0.25, -0.2) is 0 Å². The number of ether oxygens (including phenoxy) is 1. The third kappa shape index (κ3) is 6.61. The van der Waals surface area contributed by atoms with E-state index in [1.807, 2.05) is 11.8 Å². The first kappa shape index (κ1) is 15.8. The summed E-state index contributed by atoms with van der Waals surface area (Å²) in [7, 11) is 1.68. The minimum atomic E-state index is 0.146. The molecule has 18 heavy (non-hydrogen) atoms. The Balaban J connectivity index is 2.25. The first-order valence-electron chi connectivity index (χ1n) is 6.85. The van der Waals surface area contributed by atoms with E-state index in [2.05, 4.69) is 17.6 Å². The molecular weight excluding hydrogens is 248 g/mol. The van der Waals surface area contributed by atoms with Crippen molar-refractivity contribution in [3.63, 3.8) is 0 Å². The number of carbonyl (C=O) groups excluding carboxylic acids is 1. The maximum absolute atomic E-state index is 11.9. The summed E-state index contributed by atoms with van der Waals surface area (Å²) in [5.41, 5.74) is 0. The molecule has 0 spiro atoms.